The molecule has 0 bridgehead atoms. The summed E-state index contributed by atoms with van der Waals surface area (Å²) >= 11 is 0. The fourth-order valence-electron chi connectivity index (χ4n) is 4.10. The number of aromatic nitrogens is 2. The lowest BCUT2D eigenvalue weighted by Gasteiger charge is -2.23. The van der Waals surface area contributed by atoms with Crippen LogP contribution in [0.4, 0.5) is 8.78 Å². The second kappa shape index (κ2) is 9.70. The Labute approximate surface area is 202 Å². The first-order chi connectivity index (χ1) is 17.0. The standard InChI is InChI=1S/C28H25F2N3O2/c1-2-26-24(18-32(20-14-15-20)27(34)23-10-6-7-11-25(23)30)28(35-22-16-12-19(29)13-17-22)33(31-26)21-8-4-3-5-9-21/h3-13,16-17,20H,2,14-15,18H2,1H3. The number of carbonyl (C=O) groups excluding carboxylic acids is 1. The molecule has 1 aromatic heterocycles. The van der Waals surface area contributed by atoms with E-state index < -0.39 is 5.82 Å². The summed E-state index contributed by atoms with van der Waals surface area (Å²) in [6.45, 7) is 2.22. The lowest BCUT2D eigenvalue weighted by molar-refractivity contribution is 0.0724. The molecular formula is C28H25F2N3O2. The molecule has 0 N–H and O–H groups in total. The quantitative estimate of drug-likeness (QED) is 0.301. The predicted octanol–water partition coefficient (Wildman–Crippen LogP) is 6.31. The number of carbonyl (C=O) groups is 1. The van der Waals surface area contributed by atoms with Crippen molar-refractivity contribution in [2.24, 2.45) is 0 Å². The van der Waals surface area contributed by atoms with Crippen LogP contribution in [0.1, 0.15) is 41.4 Å². The van der Waals surface area contributed by atoms with Crippen molar-refractivity contribution in [3.63, 3.8) is 0 Å². The van der Waals surface area contributed by atoms with E-state index in [0.29, 0.717) is 18.1 Å². The van der Waals surface area contributed by atoms with Gasteiger partial charge in [0, 0.05) is 6.04 Å². The van der Waals surface area contributed by atoms with Crippen LogP contribution in [0.2, 0.25) is 0 Å². The molecular weight excluding hydrogens is 448 g/mol. The van der Waals surface area contributed by atoms with Crippen LogP contribution >= 0.6 is 0 Å². The highest BCUT2D eigenvalue weighted by Gasteiger charge is 2.36. The highest BCUT2D eigenvalue weighted by atomic mass is 19.1. The number of aryl methyl sites for hydroxylation is 1. The third-order valence-electron chi connectivity index (χ3n) is 6.06. The Morgan fingerprint density at radius 2 is 1.69 bits per heavy atom. The van der Waals surface area contributed by atoms with Crippen LogP contribution in [0.3, 0.4) is 0 Å². The average Bonchev–Trinajstić information content (AvgIpc) is 3.67. The molecule has 35 heavy (non-hydrogen) atoms. The SMILES string of the molecule is CCc1nn(-c2ccccc2)c(Oc2ccc(F)cc2)c1CN(C(=O)c1ccccc1F)C1CC1. The van der Waals surface area contributed by atoms with Crippen LogP contribution in [0.25, 0.3) is 5.69 Å². The highest BCUT2D eigenvalue weighted by molar-refractivity contribution is 5.95. The number of benzene rings is 3. The molecule has 178 valence electrons. The van der Waals surface area contributed by atoms with E-state index in [2.05, 4.69) is 0 Å². The minimum atomic E-state index is -0.540. The monoisotopic (exact) mass is 473 g/mol. The zero-order valence-corrected chi connectivity index (χ0v) is 19.3. The summed E-state index contributed by atoms with van der Waals surface area (Å²) < 4.78 is 36.0. The second-order valence-electron chi connectivity index (χ2n) is 8.53. The Morgan fingerprint density at radius 1 is 1.00 bits per heavy atom. The maximum atomic E-state index is 14.5. The molecule has 1 saturated carbocycles. The van der Waals surface area contributed by atoms with Crippen molar-refractivity contribution in [2.75, 3.05) is 0 Å². The molecule has 0 radical (unpaired) electrons. The first-order valence-corrected chi connectivity index (χ1v) is 11.7. The first-order valence-electron chi connectivity index (χ1n) is 11.7. The minimum Gasteiger partial charge on any atom is -0.439 e. The Kier molecular flexibility index (Phi) is 6.31. The van der Waals surface area contributed by atoms with E-state index in [4.69, 9.17) is 9.84 Å². The average molecular weight is 474 g/mol. The number of halogens is 2. The molecule has 1 aliphatic carbocycles. The maximum Gasteiger partial charge on any atom is 0.257 e. The molecule has 5 nitrogen and oxygen atoms in total. The van der Waals surface area contributed by atoms with Gasteiger partial charge in [-0.15, -0.1) is 0 Å². The molecule has 5 rings (SSSR count). The van der Waals surface area contributed by atoms with Gasteiger partial charge in [-0.05, 0) is 67.8 Å². The van der Waals surface area contributed by atoms with Gasteiger partial charge >= 0.3 is 0 Å². The van der Waals surface area contributed by atoms with Gasteiger partial charge < -0.3 is 9.64 Å². The first kappa shape index (κ1) is 22.8. The zero-order chi connectivity index (χ0) is 24.4. The van der Waals surface area contributed by atoms with Crippen molar-refractivity contribution in [3.05, 3.63) is 107 Å². The van der Waals surface area contributed by atoms with Gasteiger partial charge in [0.1, 0.15) is 17.4 Å². The van der Waals surface area contributed by atoms with Gasteiger partial charge in [-0.1, -0.05) is 37.3 Å². The number of para-hydroxylation sites is 1. The van der Waals surface area contributed by atoms with E-state index >= 15 is 0 Å². The van der Waals surface area contributed by atoms with Crippen LogP contribution < -0.4 is 4.74 Å². The van der Waals surface area contributed by atoms with E-state index in [9.17, 15) is 13.6 Å². The van der Waals surface area contributed by atoms with E-state index in [0.717, 1.165) is 29.8 Å². The molecule has 1 aliphatic rings. The lowest BCUT2D eigenvalue weighted by atomic mass is 10.1. The van der Waals surface area contributed by atoms with Crippen molar-refractivity contribution >= 4 is 5.91 Å². The van der Waals surface area contributed by atoms with Gasteiger partial charge in [-0.2, -0.15) is 5.10 Å². The number of ether oxygens (including phenoxy) is 1. The summed E-state index contributed by atoms with van der Waals surface area (Å²) in [6, 6.07) is 21.4. The molecule has 0 atom stereocenters. The Morgan fingerprint density at radius 3 is 2.34 bits per heavy atom. The van der Waals surface area contributed by atoms with E-state index in [1.54, 1.807) is 33.8 Å². The summed E-state index contributed by atoms with van der Waals surface area (Å²) in [6.07, 6.45) is 2.34. The van der Waals surface area contributed by atoms with Crippen molar-refractivity contribution in [3.8, 4) is 17.3 Å². The fraction of sp³-hybridized carbons (Fsp3) is 0.214. The van der Waals surface area contributed by atoms with Crippen molar-refractivity contribution in [2.45, 2.75) is 38.8 Å². The number of rotatable bonds is 8. The van der Waals surface area contributed by atoms with E-state index in [1.807, 2.05) is 37.3 Å². The lowest BCUT2D eigenvalue weighted by Crippen LogP contribution is -2.33. The van der Waals surface area contributed by atoms with Gasteiger partial charge in [-0.3, -0.25) is 4.79 Å². The van der Waals surface area contributed by atoms with Crippen molar-refractivity contribution in [1.29, 1.82) is 0 Å². The Bertz CT molecular complexity index is 1330. The largest absolute Gasteiger partial charge is 0.439 e. The number of amides is 1. The summed E-state index contributed by atoms with van der Waals surface area (Å²) in [5.41, 5.74) is 2.37. The zero-order valence-electron chi connectivity index (χ0n) is 19.3. The van der Waals surface area contributed by atoms with Crippen LogP contribution in [-0.2, 0) is 13.0 Å². The molecule has 0 saturated heterocycles. The molecule has 1 fully saturated rings. The van der Waals surface area contributed by atoms with Gasteiger partial charge in [0.15, 0.2) is 0 Å². The molecule has 4 aromatic rings. The molecule has 1 heterocycles. The Balaban J connectivity index is 1.58. The van der Waals surface area contributed by atoms with Gasteiger partial charge in [0.2, 0.25) is 5.88 Å². The third kappa shape index (κ3) is 4.80. The topological polar surface area (TPSA) is 47.4 Å². The Hall–Kier alpha value is -4.00. The summed E-state index contributed by atoms with van der Waals surface area (Å²) in [4.78, 5) is 15.1. The summed E-state index contributed by atoms with van der Waals surface area (Å²) in [5.74, 6) is -0.356. The highest BCUT2D eigenvalue weighted by Crippen LogP contribution is 2.36. The molecule has 3 aromatic carbocycles. The number of nitrogens with zero attached hydrogens (tertiary/aromatic N) is 3. The third-order valence-corrected chi connectivity index (χ3v) is 6.06. The fourth-order valence-corrected chi connectivity index (χ4v) is 4.10. The minimum absolute atomic E-state index is 0.0329. The molecule has 7 heteroatoms. The van der Waals surface area contributed by atoms with Crippen LogP contribution in [-0.4, -0.2) is 26.6 Å². The van der Waals surface area contributed by atoms with Gasteiger partial charge in [0.05, 0.1) is 29.1 Å². The maximum absolute atomic E-state index is 14.5. The van der Waals surface area contributed by atoms with Gasteiger partial charge in [0.25, 0.3) is 5.91 Å². The summed E-state index contributed by atoms with van der Waals surface area (Å²) in [7, 11) is 0. The normalized spacial score (nSPS) is 13.0. The molecule has 1 amide bonds. The molecule has 0 spiro atoms. The van der Waals surface area contributed by atoms with E-state index in [1.165, 1.54) is 24.3 Å². The van der Waals surface area contributed by atoms with E-state index in [-0.39, 0.29) is 29.9 Å². The van der Waals surface area contributed by atoms with Gasteiger partial charge in [-0.25, -0.2) is 13.5 Å². The van der Waals surface area contributed by atoms with Crippen LogP contribution in [0, 0.1) is 11.6 Å². The molecule has 0 unspecified atom stereocenters. The van der Waals surface area contributed by atoms with Crippen LogP contribution in [0.15, 0.2) is 78.9 Å². The van der Waals surface area contributed by atoms with Crippen LogP contribution in [0.5, 0.6) is 11.6 Å². The summed E-state index contributed by atoms with van der Waals surface area (Å²) in [5, 5.41) is 4.80. The van der Waals surface area contributed by atoms with Crippen molar-refractivity contribution < 1.29 is 18.3 Å². The smallest absolute Gasteiger partial charge is 0.257 e. The number of hydrogen-bond acceptors (Lipinski definition) is 3. The van der Waals surface area contributed by atoms with Crippen molar-refractivity contribution in [1.82, 2.24) is 14.7 Å². The molecule has 0 aliphatic heterocycles. The number of hydrogen-bond donors (Lipinski definition) is 0. The predicted molar refractivity (Wildman–Crippen MR) is 129 cm³/mol. The second-order valence-corrected chi connectivity index (χ2v) is 8.53.